The van der Waals surface area contributed by atoms with Gasteiger partial charge >= 0.3 is 5.97 Å². The minimum atomic E-state index is -3.75. The Balaban J connectivity index is 1.57. The van der Waals surface area contributed by atoms with Crippen LogP contribution in [0.5, 0.6) is 0 Å². The summed E-state index contributed by atoms with van der Waals surface area (Å²) in [5.41, 5.74) is 0.105. The van der Waals surface area contributed by atoms with Crippen molar-refractivity contribution in [3.8, 4) is 0 Å². The standard InChI is InChI=1S/C19H18ClF2NO4S/c20-17-2-1-3-18(22)16(17)12-27-19(24)13-8-10-23(11-9-13)28(25,26)15-6-4-14(21)5-7-15/h1-7,13H,8-12H2. The third kappa shape index (κ3) is 4.51. The van der Waals surface area contributed by atoms with Crippen LogP contribution >= 0.6 is 11.6 Å². The van der Waals surface area contributed by atoms with Gasteiger partial charge in [-0.3, -0.25) is 4.79 Å². The summed E-state index contributed by atoms with van der Waals surface area (Å²) < 4.78 is 58.4. The van der Waals surface area contributed by atoms with E-state index in [1.807, 2.05) is 0 Å². The smallest absolute Gasteiger partial charge is 0.309 e. The summed E-state index contributed by atoms with van der Waals surface area (Å²) in [5, 5.41) is 0.174. The fourth-order valence-corrected chi connectivity index (χ4v) is 4.71. The third-order valence-corrected chi connectivity index (χ3v) is 6.93. The fraction of sp³-hybridized carbons (Fsp3) is 0.316. The highest BCUT2D eigenvalue weighted by Crippen LogP contribution is 2.26. The van der Waals surface area contributed by atoms with Gasteiger partial charge in [-0.15, -0.1) is 0 Å². The van der Waals surface area contributed by atoms with Crippen molar-refractivity contribution in [3.63, 3.8) is 0 Å². The van der Waals surface area contributed by atoms with Crippen LogP contribution in [-0.4, -0.2) is 31.8 Å². The van der Waals surface area contributed by atoms with Gasteiger partial charge in [0.15, 0.2) is 0 Å². The predicted molar refractivity (Wildman–Crippen MR) is 99.1 cm³/mol. The molecule has 0 aliphatic carbocycles. The molecule has 0 aromatic heterocycles. The minimum Gasteiger partial charge on any atom is -0.460 e. The molecule has 0 bridgehead atoms. The number of rotatable bonds is 5. The van der Waals surface area contributed by atoms with Crippen molar-refractivity contribution < 1.29 is 26.7 Å². The monoisotopic (exact) mass is 429 g/mol. The molecule has 0 amide bonds. The van der Waals surface area contributed by atoms with Crippen LogP contribution in [0.2, 0.25) is 5.02 Å². The number of piperidine rings is 1. The molecule has 0 N–H and O–H groups in total. The molecule has 28 heavy (non-hydrogen) atoms. The highest BCUT2D eigenvalue weighted by atomic mass is 35.5. The van der Waals surface area contributed by atoms with E-state index in [1.54, 1.807) is 0 Å². The van der Waals surface area contributed by atoms with Gasteiger partial charge in [0.1, 0.15) is 18.2 Å². The van der Waals surface area contributed by atoms with Crippen molar-refractivity contribution in [2.45, 2.75) is 24.3 Å². The Morgan fingerprint density at radius 2 is 1.75 bits per heavy atom. The van der Waals surface area contributed by atoms with E-state index in [0.29, 0.717) is 0 Å². The molecule has 1 aliphatic heterocycles. The van der Waals surface area contributed by atoms with Gasteiger partial charge in [-0.05, 0) is 49.2 Å². The Bertz CT molecular complexity index is 938. The van der Waals surface area contributed by atoms with E-state index in [0.717, 1.165) is 12.1 Å². The summed E-state index contributed by atoms with van der Waals surface area (Å²) >= 11 is 5.91. The zero-order valence-electron chi connectivity index (χ0n) is 14.8. The summed E-state index contributed by atoms with van der Waals surface area (Å²) in [6.07, 6.45) is 0.564. The Hall–Kier alpha value is -2.03. The number of benzene rings is 2. The molecule has 0 unspecified atom stereocenters. The van der Waals surface area contributed by atoms with Crippen LogP contribution in [0.15, 0.2) is 47.4 Å². The average molecular weight is 430 g/mol. The van der Waals surface area contributed by atoms with Crippen molar-refractivity contribution in [1.82, 2.24) is 4.31 Å². The molecule has 0 saturated carbocycles. The molecule has 0 radical (unpaired) electrons. The molecule has 5 nitrogen and oxygen atoms in total. The number of carbonyl (C=O) groups excluding carboxylic acids is 1. The highest BCUT2D eigenvalue weighted by molar-refractivity contribution is 7.89. The lowest BCUT2D eigenvalue weighted by Gasteiger charge is -2.30. The molecule has 150 valence electrons. The molecule has 0 spiro atoms. The van der Waals surface area contributed by atoms with Crippen LogP contribution < -0.4 is 0 Å². The van der Waals surface area contributed by atoms with Crippen LogP contribution in [-0.2, 0) is 26.2 Å². The highest BCUT2D eigenvalue weighted by Gasteiger charge is 2.33. The lowest BCUT2D eigenvalue weighted by Crippen LogP contribution is -2.40. The van der Waals surface area contributed by atoms with E-state index >= 15 is 0 Å². The number of nitrogens with zero attached hydrogens (tertiary/aromatic N) is 1. The van der Waals surface area contributed by atoms with E-state index in [1.165, 1.54) is 34.6 Å². The van der Waals surface area contributed by atoms with Crippen LogP contribution in [0, 0.1) is 17.6 Å². The largest absolute Gasteiger partial charge is 0.460 e. The second-order valence-electron chi connectivity index (χ2n) is 6.44. The molecule has 1 fully saturated rings. The lowest BCUT2D eigenvalue weighted by molar-refractivity contribution is -0.151. The van der Waals surface area contributed by atoms with E-state index in [-0.39, 0.29) is 48.0 Å². The van der Waals surface area contributed by atoms with E-state index in [9.17, 15) is 22.0 Å². The Morgan fingerprint density at radius 3 is 2.36 bits per heavy atom. The van der Waals surface area contributed by atoms with Crippen LogP contribution in [0.25, 0.3) is 0 Å². The third-order valence-electron chi connectivity index (χ3n) is 4.66. The number of sulfonamides is 1. The quantitative estimate of drug-likeness (QED) is 0.679. The first-order valence-electron chi connectivity index (χ1n) is 8.64. The van der Waals surface area contributed by atoms with Gasteiger partial charge in [-0.25, -0.2) is 17.2 Å². The summed E-state index contributed by atoms with van der Waals surface area (Å²) in [7, 11) is -3.75. The van der Waals surface area contributed by atoms with Crippen LogP contribution in [0.4, 0.5) is 8.78 Å². The Morgan fingerprint density at radius 1 is 1.11 bits per heavy atom. The molecule has 9 heteroatoms. The molecule has 3 rings (SSSR count). The van der Waals surface area contributed by atoms with Gasteiger partial charge in [0.05, 0.1) is 15.8 Å². The normalized spacial score (nSPS) is 16.1. The van der Waals surface area contributed by atoms with E-state index in [4.69, 9.17) is 16.3 Å². The SMILES string of the molecule is O=C(OCc1c(F)cccc1Cl)C1CCN(S(=O)(=O)c2ccc(F)cc2)CC1. The molecule has 0 atom stereocenters. The van der Waals surface area contributed by atoms with Crippen molar-refractivity contribution in [2.24, 2.45) is 5.92 Å². The topological polar surface area (TPSA) is 63.7 Å². The molecule has 1 aliphatic rings. The number of halogens is 3. The summed E-state index contributed by atoms with van der Waals surface area (Å²) in [4.78, 5) is 12.3. The molecule has 2 aromatic carbocycles. The van der Waals surface area contributed by atoms with Crippen LogP contribution in [0.3, 0.4) is 0 Å². The maximum Gasteiger partial charge on any atom is 0.309 e. The van der Waals surface area contributed by atoms with Crippen LogP contribution in [0.1, 0.15) is 18.4 Å². The first kappa shape index (κ1) is 20.7. The second-order valence-corrected chi connectivity index (χ2v) is 8.79. The molecule has 1 heterocycles. The zero-order chi connectivity index (χ0) is 20.3. The first-order valence-corrected chi connectivity index (χ1v) is 10.5. The summed E-state index contributed by atoms with van der Waals surface area (Å²) in [6.45, 7) is -0.00169. The van der Waals surface area contributed by atoms with Crippen molar-refractivity contribution in [1.29, 1.82) is 0 Å². The molecular formula is C19H18ClF2NO4S. The number of esters is 1. The molecule has 2 aromatic rings. The van der Waals surface area contributed by atoms with Gasteiger partial charge < -0.3 is 4.74 Å². The molecule has 1 saturated heterocycles. The van der Waals surface area contributed by atoms with Gasteiger partial charge in [-0.2, -0.15) is 4.31 Å². The van der Waals surface area contributed by atoms with E-state index < -0.39 is 33.5 Å². The lowest BCUT2D eigenvalue weighted by atomic mass is 9.98. The van der Waals surface area contributed by atoms with Gasteiger partial charge in [0, 0.05) is 18.7 Å². The van der Waals surface area contributed by atoms with Crippen molar-refractivity contribution >= 4 is 27.6 Å². The Kier molecular flexibility index (Phi) is 6.32. The number of ether oxygens (including phenoxy) is 1. The van der Waals surface area contributed by atoms with Crippen molar-refractivity contribution in [3.05, 3.63) is 64.7 Å². The molecular weight excluding hydrogens is 412 g/mol. The maximum absolute atomic E-state index is 13.7. The summed E-state index contributed by atoms with van der Waals surface area (Å²) in [6, 6.07) is 8.79. The minimum absolute atomic E-state index is 0.00382. The van der Waals surface area contributed by atoms with E-state index in [2.05, 4.69) is 0 Å². The second kappa shape index (κ2) is 8.55. The maximum atomic E-state index is 13.7. The predicted octanol–water partition coefficient (Wildman–Crippen LogP) is 3.76. The average Bonchev–Trinajstić information content (AvgIpc) is 2.68. The Labute approximate surface area is 166 Å². The van der Waals surface area contributed by atoms with Gasteiger partial charge in [-0.1, -0.05) is 17.7 Å². The zero-order valence-corrected chi connectivity index (χ0v) is 16.3. The number of carbonyl (C=O) groups is 1. The first-order chi connectivity index (χ1) is 13.3. The fourth-order valence-electron chi connectivity index (χ4n) is 3.02. The van der Waals surface area contributed by atoms with Gasteiger partial charge in [0.25, 0.3) is 0 Å². The number of hydrogen-bond acceptors (Lipinski definition) is 4. The summed E-state index contributed by atoms with van der Waals surface area (Å²) in [5.74, 6) is -2.07. The van der Waals surface area contributed by atoms with Crippen molar-refractivity contribution in [2.75, 3.05) is 13.1 Å². The number of hydrogen-bond donors (Lipinski definition) is 0. The van der Waals surface area contributed by atoms with Gasteiger partial charge in [0.2, 0.25) is 10.0 Å².